The quantitative estimate of drug-likeness (QED) is 0.414. The molecule has 1 aromatic carbocycles. The summed E-state index contributed by atoms with van der Waals surface area (Å²) in [7, 11) is 0. The Labute approximate surface area is 172 Å². The van der Waals surface area contributed by atoms with Crippen LogP contribution in [0.3, 0.4) is 0 Å². The number of ether oxygens (including phenoxy) is 1. The molecule has 0 saturated heterocycles. The number of nitrogens with one attached hydrogen (secondary N) is 1. The maximum Gasteiger partial charge on any atom is 0.422 e. The van der Waals surface area contributed by atoms with Gasteiger partial charge in [-0.3, -0.25) is 0 Å². The molecule has 0 fully saturated rings. The van der Waals surface area contributed by atoms with Gasteiger partial charge in [0.2, 0.25) is 0 Å². The first-order chi connectivity index (χ1) is 14.3. The van der Waals surface area contributed by atoms with Gasteiger partial charge in [0, 0.05) is 12.1 Å². The molecule has 2 aromatic heterocycles. The standard InChI is InChI=1S/C16H10ClF8N5O/c1-6(16(23,24)25)28-13-11(12(17)29-14-26-5-27-30(13)14)10-8(18)2-7(3-9(10)19)31-4-15(20,21)22/h2-3,5-6,28H,4H2,1H3. The molecule has 0 radical (unpaired) electrons. The Bertz CT molecular complexity index is 1090. The second-order valence-corrected chi connectivity index (χ2v) is 6.53. The third-order valence-corrected chi connectivity index (χ3v) is 4.17. The van der Waals surface area contributed by atoms with Gasteiger partial charge in [-0.15, -0.1) is 0 Å². The van der Waals surface area contributed by atoms with Crippen molar-refractivity contribution in [3.05, 3.63) is 35.2 Å². The largest absolute Gasteiger partial charge is 0.484 e. The molecule has 0 aliphatic heterocycles. The Morgan fingerprint density at radius 3 is 2.26 bits per heavy atom. The molecule has 15 heteroatoms. The Morgan fingerprint density at radius 2 is 1.71 bits per heavy atom. The predicted molar refractivity (Wildman–Crippen MR) is 91.8 cm³/mol. The molecule has 0 bridgehead atoms. The van der Waals surface area contributed by atoms with Gasteiger partial charge in [0.25, 0.3) is 5.78 Å². The number of benzene rings is 1. The van der Waals surface area contributed by atoms with Gasteiger partial charge in [-0.25, -0.2) is 8.78 Å². The van der Waals surface area contributed by atoms with Crippen LogP contribution >= 0.6 is 11.6 Å². The zero-order valence-corrected chi connectivity index (χ0v) is 15.9. The van der Waals surface area contributed by atoms with Gasteiger partial charge in [-0.1, -0.05) is 11.6 Å². The van der Waals surface area contributed by atoms with E-state index in [-0.39, 0.29) is 5.78 Å². The van der Waals surface area contributed by atoms with Crippen molar-refractivity contribution >= 4 is 23.2 Å². The van der Waals surface area contributed by atoms with Crippen molar-refractivity contribution in [1.82, 2.24) is 19.6 Å². The predicted octanol–water partition coefficient (Wildman–Crippen LogP) is 5.03. The minimum atomic E-state index is -4.76. The lowest BCUT2D eigenvalue weighted by Gasteiger charge is -2.22. The molecule has 1 atom stereocenters. The molecule has 1 N–H and O–H groups in total. The molecule has 6 nitrogen and oxygen atoms in total. The number of hydrogen-bond donors (Lipinski definition) is 1. The third-order valence-electron chi connectivity index (χ3n) is 3.90. The highest BCUT2D eigenvalue weighted by molar-refractivity contribution is 6.33. The highest BCUT2D eigenvalue weighted by Gasteiger charge is 2.38. The van der Waals surface area contributed by atoms with Gasteiger partial charge in [0.15, 0.2) is 6.61 Å². The van der Waals surface area contributed by atoms with Gasteiger partial charge in [-0.05, 0) is 6.92 Å². The first-order valence-corrected chi connectivity index (χ1v) is 8.57. The lowest BCUT2D eigenvalue weighted by molar-refractivity contribution is -0.153. The summed E-state index contributed by atoms with van der Waals surface area (Å²) in [6, 6.07) is -1.34. The van der Waals surface area contributed by atoms with Crippen LogP contribution in [0.2, 0.25) is 5.15 Å². The molecule has 31 heavy (non-hydrogen) atoms. The molecule has 0 amide bonds. The zero-order valence-electron chi connectivity index (χ0n) is 15.1. The molecule has 0 spiro atoms. The van der Waals surface area contributed by atoms with Crippen LogP contribution in [0, 0.1) is 11.6 Å². The van der Waals surface area contributed by atoms with E-state index in [4.69, 9.17) is 11.6 Å². The first kappa shape index (κ1) is 22.8. The van der Waals surface area contributed by atoms with Gasteiger partial charge >= 0.3 is 12.4 Å². The second kappa shape index (κ2) is 7.98. The summed E-state index contributed by atoms with van der Waals surface area (Å²) in [5, 5.41) is 5.08. The zero-order chi connectivity index (χ0) is 23.1. The lowest BCUT2D eigenvalue weighted by Crippen LogP contribution is -2.34. The summed E-state index contributed by atoms with van der Waals surface area (Å²) in [6.45, 7) is -1.07. The fourth-order valence-corrected chi connectivity index (χ4v) is 2.76. The normalized spacial score (nSPS) is 13.5. The molecular weight excluding hydrogens is 466 g/mol. The molecule has 0 aliphatic carbocycles. The van der Waals surface area contributed by atoms with Crippen LogP contribution < -0.4 is 10.1 Å². The number of hydrogen-bond acceptors (Lipinski definition) is 5. The van der Waals surface area contributed by atoms with E-state index in [9.17, 15) is 35.1 Å². The van der Waals surface area contributed by atoms with Crippen LogP contribution in [0.5, 0.6) is 5.75 Å². The van der Waals surface area contributed by atoms with E-state index in [1.165, 1.54) is 0 Å². The SMILES string of the molecule is CC(Nc1c(-c2c(F)cc(OCC(F)(F)F)cc2F)c(Cl)nc2ncnn12)C(F)(F)F. The lowest BCUT2D eigenvalue weighted by atomic mass is 10.1. The number of halogens is 9. The van der Waals surface area contributed by atoms with Crippen molar-refractivity contribution in [2.75, 3.05) is 11.9 Å². The maximum atomic E-state index is 14.7. The molecular formula is C16H10ClF8N5O. The van der Waals surface area contributed by atoms with E-state index in [0.29, 0.717) is 12.1 Å². The Kier molecular flexibility index (Phi) is 5.86. The minimum Gasteiger partial charge on any atom is -0.484 e. The average molecular weight is 476 g/mol. The fourth-order valence-electron chi connectivity index (χ4n) is 2.50. The van der Waals surface area contributed by atoms with Gasteiger partial charge in [0.1, 0.15) is 40.7 Å². The number of alkyl halides is 6. The average Bonchev–Trinajstić information content (AvgIpc) is 3.08. The molecule has 0 aliphatic rings. The molecule has 1 unspecified atom stereocenters. The number of aromatic nitrogens is 4. The Hall–Kier alpha value is -2.90. The summed E-state index contributed by atoms with van der Waals surface area (Å²) in [5.41, 5.74) is -1.60. The van der Waals surface area contributed by atoms with E-state index in [0.717, 1.165) is 17.8 Å². The molecule has 3 aromatic rings. The van der Waals surface area contributed by atoms with Crippen LogP contribution in [0.1, 0.15) is 6.92 Å². The molecule has 0 saturated carbocycles. The smallest absolute Gasteiger partial charge is 0.422 e. The maximum absolute atomic E-state index is 14.7. The third kappa shape index (κ3) is 4.89. The van der Waals surface area contributed by atoms with Gasteiger partial charge < -0.3 is 10.1 Å². The first-order valence-electron chi connectivity index (χ1n) is 8.19. The molecule has 3 rings (SSSR count). The van der Waals surface area contributed by atoms with Crippen molar-refractivity contribution < 1.29 is 39.9 Å². The topological polar surface area (TPSA) is 64.3 Å². The number of nitrogens with zero attached hydrogens (tertiary/aromatic N) is 4. The van der Waals surface area contributed by atoms with Crippen LogP contribution in [-0.4, -0.2) is 44.6 Å². The van der Waals surface area contributed by atoms with Crippen molar-refractivity contribution in [1.29, 1.82) is 0 Å². The van der Waals surface area contributed by atoms with E-state index >= 15 is 0 Å². The van der Waals surface area contributed by atoms with Crippen LogP contribution in [-0.2, 0) is 0 Å². The van der Waals surface area contributed by atoms with E-state index in [2.05, 4.69) is 19.8 Å². The summed E-state index contributed by atoms with van der Waals surface area (Å²) in [4.78, 5) is 7.41. The van der Waals surface area contributed by atoms with Gasteiger partial charge in [0.05, 0.1) is 11.1 Å². The van der Waals surface area contributed by atoms with Crippen LogP contribution in [0.4, 0.5) is 40.9 Å². The van der Waals surface area contributed by atoms with Crippen molar-refractivity contribution in [2.45, 2.75) is 25.3 Å². The second-order valence-electron chi connectivity index (χ2n) is 6.17. The van der Waals surface area contributed by atoms with Crippen molar-refractivity contribution in [3.63, 3.8) is 0 Å². The number of rotatable bonds is 5. The van der Waals surface area contributed by atoms with E-state index in [1.807, 2.05) is 5.32 Å². The van der Waals surface area contributed by atoms with Crippen molar-refractivity contribution in [3.8, 4) is 16.9 Å². The molecule has 168 valence electrons. The highest BCUT2D eigenvalue weighted by atomic mass is 35.5. The number of anilines is 1. The van der Waals surface area contributed by atoms with Gasteiger partial charge in [-0.2, -0.15) is 45.9 Å². The van der Waals surface area contributed by atoms with Crippen molar-refractivity contribution in [2.24, 2.45) is 0 Å². The Balaban J connectivity index is 2.16. The summed E-state index contributed by atoms with van der Waals surface area (Å²) >= 11 is 5.98. The Morgan fingerprint density at radius 1 is 1.10 bits per heavy atom. The van der Waals surface area contributed by atoms with Crippen LogP contribution in [0.15, 0.2) is 18.5 Å². The van der Waals surface area contributed by atoms with E-state index in [1.54, 1.807) is 0 Å². The summed E-state index contributed by atoms with van der Waals surface area (Å²) in [5.74, 6) is -4.55. The van der Waals surface area contributed by atoms with Crippen LogP contribution in [0.25, 0.3) is 16.9 Å². The summed E-state index contributed by atoms with van der Waals surface area (Å²) < 4.78 is 110. The fraction of sp³-hybridized carbons (Fsp3) is 0.312. The van der Waals surface area contributed by atoms with E-state index < -0.39 is 64.5 Å². The minimum absolute atomic E-state index is 0.267. The monoisotopic (exact) mass is 475 g/mol. The summed E-state index contributed by atoms with van der Waals surface area (Å²) in [6.07, 6.45) is -8.60. The highest BCUT2D eigenvalue weighted by Crippen LogP contribution is 2.40. The number of fused-ring (bicyclic) bond motifs is 1. The molecule has 2 heterocycles.